The molecule has 0 saturated carbocycles. The van der Waals surface area contributed by atoms with Gasteiger partial charge >= 0.3 is 0 Å². The molecule has 6 nitrogen and oxygen atoms in total. The second-order valence-corrected chi connectivity index (χ2v) is 9.27. The van der Waals surface area contributed by atoms with Crippen molar-refractivity contribution in [3.63, 3.8) is 0 Å². The summed E-state index contributed by atoms with van der Waals surface area (Å²) >= 11 is 12.2. The molecule has 4 heterocycles. The van der Waals surface area contributed by atoms with E-state index >= 15 is 0 Å². The Labute approximate surface area is 186 Å². The molecule has 9 heteroatoms. The largest absolute Gasteiger partial charge is 0.324 e. The first-order chi connectivity index (χ1) is 14.9. The smallest absolute Gasteiger partial charge is 0.250 e. The lowest BCUT2D eigenvalue weighted by Crippen LogP contribution is -2.54. The van der Waals surface area contributed by atoms with E-state index in [1.165, 1.54) is 12.1 Å². The van der Waals surface area contributed by atoms with E-state index in [4.69, 9.17) is 23.2 Å². The first-order valence-electron chi connectivity index (χ1n) is 10.1. The minimum atomic E-state index is -1.29. The number of fused-ring (bicyclic) bond motifs is 7. The fourth-order valence-electron chi connectivity index (χ4n) is 6.05. The molecule has 0 unspecified atom stereocenters. The van der Waals surface area contributed by atoms with Gasteiger partial charge in [0, 0.05) is 22.3 Å². The van der Waals surface area contributed by atoms with Crippen LogP contribution in [-0.4, -0.2) is 35.2 Å². The number of benzene rings is 2. The Bertz CT molecular complexity index is 1200. The normalized spacial score (nSPS) is 31.4. The number of carbonyl (C=O) groups is 3. The lowest BCUT2D eigenvalue weighted by Gasteiger charge is -2.36. The molecule has 3 saturated heterocycles. The van der Waals surface area contributed by atoms with Crippen molar-refractivity contribution in [2.75, 3.05) is 16.8 Å². The minimum absolute atomic E-state index is 0.178. The Hall–Kier alpha value is -2.48. The lowest BCUT2D eigenvalue weighted by atomic mass is 9.75. The van der Waals surface area contributed by atoms with Gasteiger partial charge in [-0.25, -0.2) is 9.29 Å². The topological polar surface area (TPSA) is 69.7 Å². The van der Waals surface area contributed by atoms with E-state index in [1.54, 1.807) is 18.2 Å². The Morgan fingerprint density at radius 1 is 1.06 bits per heavy atom. The summed E-state index contributed by atoms with van der Waals surface area (Å²) in [5.74, 6) is -3.38. The second-order valence-electron chi connectivity index (χ2n) is 8.43. The fourth-order valence-corrected chi connectivity index (χ4v) is 6.40. The van der Waals surface area contributed by atoms with Crippen LogP contribution in [0.2, 0.25) is 10.0 Å². The van der Waals surface area contributed by atoms with Crippen molar-refractivity contribution in [2.24, 2.45) is 11.8 Å². The Morgan fingerprint density at radius 2 is 1.87 bits per heavy atom. The highest BCUT2D eigenvalue weighted by molar-refractivity contribution is 6.32. The van der Waals surface area contributed by atoms with Crippen LogP contribution in [0.15, 0.2) is 36.4 Å². The number of hydrogen-bond donors (Lipinski definition) is 1. The average molecular weight is 460 g/mol. The van der Waals surface area contributed by atoms with E-state index in [9.17, 15) is 18.8 Å². The molecule has 0 aliphatic carbocycles. The molecule has 31 heavy (non-hydrogen) atoms. The molecule has 2 aromatic carbocycles. The van der Waals surface area contributed by atoms with Gasteiger partial charge in [0.05, 0.1) is 22.5 Å². The van der Waals surface area contributed by atoms with Gasteiger partial charge in [0.1, 0.15) is 11.4 Å². The van der Waals surface area contributed by atoms with Crippen molar-refractivity contribution < 1.29 is 18.8 Å². The summed E-state index contributed by atoms with van der Waals surface area (Å²) in [5.41, 5.74) is 0.145. The summed E-state index contributed by atoms with van der Waals surface area (Å²) < 4.78 is 13.7. The number of nitrogens with zero attached hydrogens (tertiary/aromatic N) is 2. The van der Waals surface area contributed by atoms with Crippen LogP contribution in [0.5, 0.6) is 0 Å². The zero-order chi connectivity index (χ0) is 21.7. The number of amides is 3. The van der Waals surface area contributed by atoms with Crippen molar-refractivity contribution >= 4 is 52.3 Å². The van der Waals surface area contributed by atoms with E-state index in [-0.39, 0.29) is 28.6 Å². The third-order valence-corrected chi connectivity index (χ3v) is 7.64. The quantitative estimate of drug-likeness (QED) is 0.661. The summed E-state index contributed by atoms with van der Waals surface area (Å²) in [6, 6.07) is 8.63. The van der Waals surface area contributed by atoms with Crippen LogP contribution in [0, 0.1) is 17.7 Å². The summed E-state index contributed by atoms with van der Waals surface area (Å²) in [6.07, 6.45) is 1.53. The number of rotatable bonds is 1. The molecule has 0 aromatic heterocycles. The molecule has 3 amide bonds. The fraction of sp³-hybridized carbons (Fsp3) is 0.318. The molecule has 4 atom stereocenters. The van der Waals surface area contributed by atoms with Gasteiger partial charge in [-0.3, -0.25) is 19.3 Å². The van der Waals surface area contributed by atoms with Crippen LogP contribution < -0.4 is 10.2 Å². The number of carbonyl (C=O) groups excluding carboxylic acids is 3. The zero-order valence-corrected chi connectivity index (χ0v) is 17.6. The molecule has 4 aliphatic heterocycles. The number of nitrogens with one attached hydrogen (secondary N) is 1. The summed E-state index contributed by atoms with van der Waals surface area (Å²) in [6.45, 7) is 0.611. The predicted octanol–water partition coefficient (Wildman–Crippen LogP) is 3.56. The Kier molecular flexibility index (Phi) is 3.89. The predicted molar refractivity (Wildman–Crippen MR) is 112 cm³/mol. The number of anilines is 2. The number of hydrogen-bond acceptors (Lipinski definition) is 4. The van der Waals surface area contributed by atoms with Crippen molar-refractivity contribution in [1.29, 1.82) is 0 Å². The van der Waals surface area contributed by atoms with Gasteiger partial charge in [0.25, 0.3) is 0 Å². The van der Waals surface area contributed by atoms with Gasteiger partial charge in [0.2, 0.25) is 17.7 Å². The molecule has 4 aliphatic rings. The second kappa shape index (κ2) is 6.28. The SMILES string of the molecule is O=C1[C@H]2[C@@H](C(=O)N1c1ccc(F)c(Cl)c1)[C@]1(C(=O)Nc3ccc(Cl)cc31)N1CCC[C@@H]21. The van der Waals surface area contributed by atoms with E-state index < -0.39 is 29.1 Å². The van der Waals surface area contributed by atoms with E-state index in [1.807, 2.05) is 4.90 Å². The van der Waals surface area contributed by atoms with Crippen LogP contribution in [0.25, 0.3) is 0 Å². The maximum absolute atomic E-state index is 13.8. The number of halogens is 3. The first kappa shape index (κ1) is 19.2. The zero-order valence-electron chi connectivity index (χ0n) is 16.1. The van der Waals surface area contributed by atoms with Gasteiger partial charge in [-0.05, 0) is 55.8 Å². The lowest BCUT2D eigenvalue weighted by molar-refractivity contribution is -0.135. The molecule has 6 rings (SSSR count). The maximum atomic E-state index is 13.8. The molecule has 3 fully saturated rings. The van der Waals surface area contributed by atoms with Crippen molar-refractivity contribution in [2.45, 2.75) is 24.4 Å². The van der Waals surface area contributed by atoms with Crippen LogP contribution in [0.4, 0.5) is 15.8 Å². The van der Waals surface area contributed by atoms with Gasteiger partial charge in [-0.2, -0.15) is 0 Å². The first-order valence-corrected chi connectivity index (χ1v) is 10.8. The van der Waals surface area contributed by atoms with E-state index in [0.29, 0.717) is 29.2 Å². The summed E-state index contributed by atoms with van der Waals surface area (Å²) in [5, 5.41) is 3.17. The Morgan fingerprint density at radius 3 is 2.65 bits per heavy atom. The van der Waals surface area contributed by atoms with Crippen LogP contribution in [-0.2, 0) is 19.9 Å². The molecule has 1 N–H and O–H groups in total. The highest BCUT2D eigenvalue weighted by Crippen LogP contribution is 2.60. The third-order valence-electron chi connectivity index (χ3n) is 7.12. The molecule has 0 radical (unpaired) electrons. The van der Waals surface area contributed by atoms with E-state index in [2.05, 4.69) is 5.32 Å². The monoisotopic (exact) mass is 459 g/mol. The van der Waals surface area contributed by atoms with Gasteiger partial charge in [-0.15, -0.1) is 0 Å². The molecular weight excluding hydrogens is 444 g/mol. The Balaban J connectivity index is 1.56. The van der Waals surface area contributed by atoms with Gasteiger partial charge in [-0.1, -0.05) is 23.2 Å². The van der Waals surface area contributed by atoms with Crippen molar-refractivity contribution in [1.82, 2.24) is 4.90 Å². The van der Waals surface area contributed by atoms with Crippen molar-refractivity contribution in [3.8, 4) is 0 Å². The van der Waals surface area contributed by atoms with Crippen LogP contribution in [0.3, 0.4) is 0 Å². The van der Waals surface area contributed by atoms with Crippen LogP contribution >= 0.6 is 23.2 Å². The molecule has 1 spiro atoms. The van der Waals surface area contributed by atoms with Gasteiger partial charge in [0.15, 0.2) is 0 Å². The minimum Gasteiger partial charge on any atom is -0.324 e. The standard InChI is InChI=1S/C22H16Cl2FN3O3/c23-10-3-6-15-12(8-10)22(21(31)26-15)18-17(16-2-1-7-27(16)22)19(29)28(20(18)30)11-4-5-14(25)13(24)9-11/h3-6,8-9,16-18H,1-2,7H2,(H,26,31)/t16-,17+,18-,22+/m0/s1. The van der Waals surface area contributed by atoms with E-state index in [0.717, 1.165) is 17.4 Å². The average Bonchev–Trinajstić information content (AvgIpc) is 3.43. The third kappa shape index (κ3) is 2.24. The molecule has 158 valence electrons. The highest BCUT2D eigenvalue weighted by Gasteiger charge is 2.74. The maximum Gasteiger partial charge on any atom is 0.250 e. The van der Waals surface area contributed by atoms with Gasteiger partial charge < -0.3 is 5.32 Å². The summed E-state index contributed by atoms with van der Waals surface area (Å²) in [4.78, 5) is 43.9. The van der Waals surface area contributed by atoms with Crippen molar-refractivity contribution in [3.05, 3.63) is 57.8 Å². The molecular formula is C22H16Cl2FN3O3. The summed E-state index contributed by atoms with van der Waals surface area (Å²) in [7, 11) is 0. The highest BCUT2D eigenvalue weighted by atomic mass is 35.5. The van der Waals surface area contributed by atoms with Crippen LogP contribution in [0.1, 0.15) is 18.4 Å². The molecule has 2 aromatic rings. The number of imide groups is 1. The molecule has 0 bridgehead atoms.